The van der Waals surface area contributed by atoms with Gasteiger partial charge in [0, 0.05) is 7.11 Å². The second-order valence-electron chi connectivity index (χ2n) is 3.94. The number of allylic oxidation sites excluding steroid dienone is 3. The van der Waals surface area contributed by atoms with Crippen molar-refractivity contribution in [3.05, 3.63) is 97.0 Å². The Labute approximate surface area is 130 Å². The highest BCUT2D eigenvalue weighted by Crippen LogP contribution is 2.30. The zero-order chi connectivity index (χ0) is 15.5. The summed E-state index contributed by atoms with van der Waals surface area (Å²) >= 11 is 0. The molecule has 0 aliphatic carbocycles. The predicted octanol–water partition coefficient (Wildman–Crippen LogP) is 4.59. The number of aliphatic hydroxyl groups is 1. The van der Waals surface area contributed by atoms with E-state index < -0.39 is 0 Å². The van der Waals surface area contributed by atoms with E-state index in [1.54, 1.807) is 0 Å². The van der Waals surface area contributed by atoms with E-state index in [2.05, 4.69) is 61.7 Å². The molecule has 1 N–H and O–H groups in total. The van der Waals surface area contributed by atoms with Gasteiger partial charge in [-0.05, 0) is 36.4 Å². The third-order valence-corrected chi connectivity index (χ3v) is 4.94. The summed E-state index contributed by atoms with van der Waals surface area (Å²) in [5.74, 6) is 0. The van der Waals surface area contributed by atoms with Crippen molar-refractivity contribution >= 4 is 10.9 Å². The SMILES string of the molecule is C=C/C=C(\C=C)[S+](c1ccccc1)c1ccccc1.CO. The molecular formula is C19H21OS+. The first-order chi connectivity index (χ1) is 10.4. The number of rotatable bonds is 5. The minimum Gasteiger partial charge on any atom is -0.400 e. The van der Waals surface area contributed by atoms with E-state index in [-0.39, 0.29) is 10.9 Å². The van der Waals surface area contributed by atoms with Gasteiger partial charge >= 0.3 is 0 Å². The van der Waals surface area contributed by atoms with Crippen molar-refractivity contribution in [2.24, 2.45) is 0 Å². The van der Waals surface area contributed by atoms with E-state index >= 15 is 0 Å². The van der Waals surface area contributed by atoms with Crippen LogP contribution in [-0.2, 0) is 10.9 Å². The zero-order valence-electron chi connectivity index (χ0n) is 12.3. The van der Waals surface area contributed by atoms with Crippen LogP contribution in [0.5, 0.6) is 0 Å². The average Bonchev–Trinajstić information content (AvgIpc) is 2.58. The maximum Gasteiger partial charge on any atom is 0.166 e. The molecule has 0 spiro atoms. The number of benzene rings is 2. The van der Waals surface area contributed by atoms with Gasteiger partial charge in [0.1, 0.15) is 0 Å². The maximum absolute atomic E-state index is 7.00. The van der Waals surface area contributed by atoms with Crippen LogP contribution in [-0.4, -0.2) is 12.2 Å². The van der Waals surface area contributed by atoms with Crippen LogP contribution >= 0.6 is 0 Å². The largest absolute Gasteiger partial charge is 0.400 e. The lowest BCUT2D eigenvalue weighted by Gasteiger charge is -2.07. The van der Waals surface area contributed by atoms with E-state index in [1.807, 2.05) is 30.4 Å². The van der Waals surface area contributed by atoms with Gasteiger partial charge in [-0.3, -0.25) is 0 Å². The van der Waals surface area contributed by atoms with Gasteiger partial charge < -0.3 is 5.11 Å². The van der Waals surface area contributed by atoms with Gasteiger partial charge in [-0.1, -0.05) is 55.6 Å². The summed E-state index contributed by atoms with van der Waals surface area (Å²) in [7, 11) is 0.883. The van der Waals surface area contributed by atoms with Crippen LogP contribution in [0.15, 0.2) is 107 Å². The monoisotopic (exact) mass is 297 g/mol. The van der Waals surface area contributed by atoms with Crippen molar-refractivity contribution in [2.45, 2.75) is 9.79 Å². The quantitative estimate of drug-likeness (QED) is 0.632. The van der Waals surface area contributed by atoms with E-state index in [1.165, 1.54) is 14.7 Å². The summed E-state index contributed by atoms with van der Waals surface area (Å²) in [6.45, 7) is 7.74. The summed E-state index contributed by atoms with van der Waals surface area (Å²) < 4.78 is 0. The maximum atomic E-state index is 7.00. The molecule has 2 heteroatoms. The topological polar surface area (TPSA) is 20.2 Å². The van der Waals surface area contributed by atoms with Gasteiger partial charge in [0.05, 0.1) is 10.9 Å². The Morgan fingerprint density at radius 2 is 1.29 bits per heavy atom. The number of aliphatic hydroxyl groups excluding tert-OH is 1. The molecule has 0 unspecified atom stereocenters. The highest BCUT2D eigenvalue weighted by Gasteiger charge is 2.28. The van der Waals surface area contributed by atoms with Gasteiger partial charge in [-0.2, -0.15) is 0 Å². The van der Waals surface area contributed by atoms with E-state index in [4.69, 9.17) is 5.11 Å². The molecule has 0 bridgehead atoms. The molecule has 0 fully saturated rings. The first-order valence-corrected chi connectivity index (χ1v) is 7.83. The lowest BCUT2D eigenvalue weighted by atomic mass is 10.4. The lowest BCUT2D eigenvalue weighted by Crippen LogP contribution is -2.05. The molecule has 0 aromatic heterocycles. The second-order valence-corrected chi connectivity index (χ2v) is 5.97. The molecule has 2 aromatic carbocycles. The molecule has 21 heavy (non-hydrogen) atoms. The third kappa shape index (κ3) is 4.78. The van der Waals surface area contributed by atoms with Crippen LogP contribution < -0.4 is 0 Å². The standard InChI is InChI=1S/C18H17S.CH4O/c1-3-11-16(4-2)19(17-12-7-5-8-13-17)18-14-9-6-10-15-18;1-2/h3-15H,1-2H2;2H,1H3/q+1;/b16-11+;. The summed E-state index contributed by atoms with van der Waals surface area (Å²) in [5.41, 5.74) is 0. The summed E-state index contributed by atoms with van der Waals surface area (Å²) in [6, 6.07) is 21.0. The van der Waals surface area contributed by atoms with Gasteiger partial charge in [0.2, 0.25) is 0 Å². The molecule has 0 atom stereocenters. The van der Waals surface area contributed by atoms with Crippen LogP contribution in [0.3, 0.4) is 0 Å². The van der Waals surface area contributed by atoms with Crippen LogP contribution in [0.1, 0.15) is 0 Å². The van der Waals surface area contributed by atoms with E-state index in [0.717, 1.165) is 7.11 Å². The van der Waals surface area contributed by atoms with Gasteiger partial charge in [0.15, 0.2) is 14.7 Å². The third-order valence-electron chi connectivity index (χ3n) is 2.68. The fourth-order valence-corrected chi connectivity index (χ4v) is 3.93. The molecule has 2 rings (SSSR count). The van der Waals surface area contributed by atoms with Gasteiger partial charge in [-0.15, -0.1) is 0 Å². The minimum absolute atomic E-state index is 0.117. The first-order valence-electron chi connectivity index (χ1n) is 6.61. The first kappa shape index (κ1) is 17.0. The molecule has 1 nitrogen and oxygen atoms in total. The fraction of sp³-hybridized carbons (Fsp3) is 0.0526. The Balaban J connectivity index is 0.00000106. The summed E-state index contributed by atoms with van der Waals surface area (Å²) in [4.78, 5) is 3.77. The van der Waals surface area contributed by atoms with Crippen molar-refractivity contribution in [2.75, 3.05) is 7.11 Å². The van der Waals surface area contributed by atoms with Crippen molar-refractivity contribution in [1.29, 1.82) is 0 Å². The molecule has 0 saturated heterocycles. The predicted molar refractivity (Wildman–Crippen MR) is 93.4 cm³/mol. The second kappa shape index (κ2) is 9.81. The average molecular weight is 297 g/mol. The number of hydrogen-bond donors (Lipinski definition) is 1. The van der Waals surface area contributed by atoms with Crippen molar-refractivity contribution in [1.82, 2.24) is 0 Å². The number of hydrogen-bond acceptors (Lipinski definition) is 1. The van der Waals surface area contributed by atoms with Crippen molar-refractivity contribution < 1.29 is 5.11 Å². The molecule has 0 aliphatic rings. The van der Waals surface area contributed by atoms with Crippen LogP contribution in [0.25, 0.3) is 0 Å². The smallest absolute Gasteiger partial charge is 0.166 e. The van der Waals surface area contributed by atoms with E-state index in [9.17, 15) is 0 Å². The van der Waals surface area contributed by atoms with Gasteiger partial charge in [0.25, 0.3) is 0 Å². The molecule has 108 valence electrons. The van der Waals surface area contributed by atoms with E-state index in [0.29, 0.717) is 0 Å². The normalized spacial score (nSPS) is 10.5. The Kier molecular flexibility index (Phi) is 7.95. The fourth-order valence-electron chi connectivity index (χ4n) is 1.86. The van der Waals surface area contributed by atoms with Crippen LogP contribution in [0.2, 0.25) is 0 Å². The van der Waals surface area contributed by atoms with Crippen molar-refractivity contribution in [3.63, 3.8) is 0 Å². The highest BCUT2D eigenvalue weighted by atomic mass is 32.2. The van der Waals surface area contributed by atoms with Crippen LogP contribution in [0.4, 0.5) is 0 Å². The zero-order valence-corrected chi connectivity index (χ0v) is 13.1. The summed E-state index contributed by atoms with van der Waals surface area (Å²) in [5, 5.41) is 7.00. The molecule has 0 heterocycles. The highest BCUT2D eigenvalue weighted by molar-refractivity contribution is 8.00. The molecular weight excluding hydrogens is 276 g/mol. The van der Waals surface area contributed by atoms with Crippen LogP contribution in [0, 0.1) is 0 Å². The summed E-state index contributed by atoms with van der Waals surface area (Å²) in [6.07, 6.45) is 5.78. The molecule has 0 radical (unpaired) electrons. The molecule has 0 aliphatic heterocycles. The Bertz CT molecular complexity index is 534. The Morgan fingerprint density at radius 3 is 1.62 bits per heavy atom. The lowest BCUT2D eigenvalue weighted by molar-refractivity contribution is 0.399. The van der Waals surface area contributed by atoms with Gasteiger partial charge in [-0.25, -0.2) is 0 Å². The van der Waals surface area contributed by atoms with Crippen molar-refractivity contribution in [3.8, 4) is 0 Å². The Morgan fingerprint density at radius 1 is 0.857 bits per heavy atom. The molecule has 2 aromatic rings. The Hall–Kier alpha value is -2.03. The molecule has 0 saturated carbocycles. The minimum atomic E-state index is -0.117. The molecule has 0 amide bonds.